The number of anilines is 6. The molecule has 14 rings (SSSR count). The van der Waals surface area contributed by atoms with Crippen LogP contribution in [0.4, 0.5) is 33.4 Å². The van der Waals surface area contributed by atoms with Crippen molar-refractivity contribution in [1.82, 2.24) is 0 Å². The summed E-state index contributed by atoms with van der Waals surface area (Å²) < 4.78 is 1.43. The summed E-state index contributed by atoms with van der Waals surface area (Å²) in [6, 6.07) is 53.6. The molecule has 0 spiro atoms. The average Bonchev–Trinajstić information content (AvgIpc) is 4.03. The van der Waals surface area contributed by atoms with Gasteiger partial charge in [0, 0.05) is 33.0 Å². The zero-order valence-electron chi connectivity index (χ0n) is 47.0. The highest BCUT2D eigenvalue weighted by molar-refractivity contribution is 7.26. The Morgan fingerprint density at radius 3 is 1.52 bits per heavy atom. The summed E-state index contributed by atoms with van der Waals surface area (Å²) in [7, 11) is 0. The number of hydrogen-bond donors (Lipinski definition) is 0. The Balaban J connectivity index is 1.16. The van der Waals surface area contributed by atoms with E-state index in [1.165, 1.54) is 142 Å². The molecule has 2 bridgehead atoms. The van der Waals surface area contributed by atoms with Crippen molar-refractivity contribution in [1.29, 1.82) is 0 Å². The van der Waals surface area contributed by atoms with Crippen LogP contribution in [0.15, 0.2) is 133 Å². The first kappa shape index (κ1) is 47.6. The van der Waals surface area contributed by atoms with Gasteiger partial charge in [-0.05, 0) is 215 Å². The average molecular weight is 999 g/mol. The number of rotatable bonds is 4. The van der Waals surface area contributed by atoms with Gasteiger partial charge in [0.05, 0.1) is 10.7 Å². The van der Waals surface area contributed by atoms with Crippen LogP contribution in [-0.4, -0.2) is 6.71 Å². The molecule has 1 fully saturated rings. The minimum absolute atomic E-state index is 0.0110. The molecular formula is C71H75BN2S. The van der Waals surface area contributed by atoms with Crippen molar-refractivity contribution in [2.45, 2.75) is 173 Å². The highest BCUT2D eigenvalue weighted by Crippen LogP contribution is 2.62. The van der Waals surface area contributed by atoms with Crippen molar-refractivity contribution in [3.8, 4) is 22.3 Å². The largest absolute Gasteiger partial charge is 0.311 e. The molecule has 0 N–H and O–H groups in total. The molecule has 0 saturated heterocycles. The number of hydrogen-bond acceptors (Lipinski definition) is 3. The Morgan fingerprint density at radius 2 is 0.947 bits per heavy atom. The van der Waals surface area contributed by atoms with E-state index in [9.17, 15) is 0 Å². The zero-order valence-corrected chi connectivity index (χ0v) is 47.8. The molecule has 378 valence electrons. The minimum atomic E-state index is 0.0110. The van der Waals surface area contributed by atoms with Gasteiger partial charge < -0.3 is 9.80 Å². The van der Waals surface area contributed by atoms with Crippen LogP contribution >= 0.6 is 11.3 Å². The standard InChI is InChI=1S/C71H75BN2S/c1-65(2,3)46-24-26-47(27-25-46)73-59-34-45(43-20-16-14-17-21-43)35-60-63(59)72(62-49-37-54-55(41-61(49)75-64(62)73)71(13)33-32-70(54,12)42-71)56-38-51-53(69(10,11)31-29-67(51,6)7)40-58(56)74(60)57-39-52-50(66(4,5)28-30-68(52,8)9)36-48(57)44-22-18-15-19-23-44/h14-27,34-41H,28-33,42H2,1-13H3. The number of benzene rings is 7. The summed E-state index contributed by atoms with van der Waals surface area (Å²) in [5, 5.41) is 2.82. The minimum Gasteiger partial charge on any atom is -0.311 e. The molecule has 2 aliphatic heterocycles. The predicted molar refractivity (Wildman–Crippen MR) is 325 cm³/mol. The number of thiophene rings is 1. The van der Waals surface area contributed by atoms with Crippen LogP contribution in [0.3, 0.4) is 0 Å². The van der Waals surface area contributed by atoms with Crippen molar-refractivity contribution < 1.29 is 0 Å². The van der Waals surface area contributed by atoms with Gasteiger partial charge in [-0.1, -0.05) is 169 Å². The van der Waals surface area contributed by atoms with E-state index >= 15 is 0 Å². The summed E-state index contributed by atoms with van der Waals surface area (Å²) >= 11 is 2.04. The molecule has 7 aromatic carbocycles. The van der Waals surface area contributed by atoms with Gasteiger partial charge in [0.2, 0.25) is 0 Å². The maximum absolute atomic E-state index is 2.80. The zero-order chi connectivity index (χ0) is 52.1. The van der Waals surface area contributed by atoms with Gasteiger partial charge in [-0.2, -0.15) is 0 Å². The lowest BCUT2D eigenvalue weighted by atomic mass is 9.33. The Hall–Kier alpha value is -5.84. The van der Waals surface area contributed by atoms with Gasteiger partial charge in [-0.25, -0.2) is 0 Å². The van der Waals surface area contributed by atoms with E-state index in [1.807, 2.05) is 11.3 Å². The van der Waals surface area contributed by atoms with Gasteiger partial charge in [-0.3, -0.25) is 0 Å². The normalized spacial score (nSPS) is 22.8. The SMILES string of the molecule is CC(C)(C)c1ccc(N2c3cc(-c4ccccc4)cc4c3B(c3cc5c(cc3N4c3cc4c(cc3-c3ccccc3)C(C)(C)CCC4(C)C)C(C)(C)CCC5(C)C)c3c2sc2cc4c(cc32)C2(C)CCC4(C)C2)cc1. The molecule has 0 radical (unpaired) electrons. The van der Waals surface area contributed by atoms with Crippen molar-refractivity contribution in [3.05, 3.63) is 172 Å². The first-order valence-electron chi connectivity index (χ1n) is 28.5. The fourth-order valence-electron chi connectivity index (χ4n) is 15.7. The van der Waals surface area contributed by atoms with E-state index in [1.54, 1.807) is 11.1 Å². The van der Waals surface area contributed by atoms with E-state index in [-0.39, 0.29) is 44.6 Å². The lowest BCUT2D eigenvalue weighted by molar-refractivity contribution is 0.332. The Kier molecular flexibility index (Phi) is 9.79. The molecule has 6 aliphatic rings. The Labute approximate surface area is 452 Å². The van der Waals surface area contributed by atoms with Gasteiger partial charge in [0.25, 0.3) is 6.71 Å². The fraction of sp³-hybridized carbons (Fsp3) is 0.380. The molecule has 3 heterocycles. The summed E-state index contributed by atoms with van der Waals surface area (Å²) in [6.07, 6.45) is 8.47. The third kappa shape index (κ3) is 6.82. The summed E-state index contributed by atoms with van der Waals surface area (Å²) in [5.74, 6) is 0. The second-order valence-electron chi connectivity index (χ2n) is 28.5. The van der Waals surface area contributed by atoms with Crippen LogP contribution in [-0.2, 0) is 37.9 Å². The van der Waals surface area contributed by atoms with Crippen LogP contribution in [0, 0.1) is 0 Å². The van der Waals surface area contributed by atoms with E-state index in [2.05, 4.69) is 233 Å². The summed E-state index contributed by atoms with van der Waals surface area (Å²) in [4.78, 5) is 5.51. The lowest BCUT2D eigenvalue weighted by Gasteiger charge is -2.48. The smallest absolute Gasteiger partial charge is 0.254 e. The fourth-order valence-corrected chi connectivity index (χ4v) is 17.0. The predicted octanol–water partition coefficient (Wildman–Crippen LogP) is 18.0. The molecular weight excluding hydrogens is 924 g/mol. The van der Waals surface area contributed by atoms with Gasteiger partial charge in [0.15, 0.2) is 0 Å². The molecule has 4 aliphatic carbocycles. The molecule has 2 nitrogen and oxygen atoms in total. The van der Waals surface area contributed by atoms with Gasteiger partial charge in [-0.15, -0.1) is 11.3 Å². The third-order valence-corrected chi connectivity index (χ3v) is 21.7. The van der Waals surface area contributed by atoms with Crippen LogP contribution in [0.5, 0.6) is 0 Å². The van der Waals surface area contributed by atoms with Crippen molar-refractivity contribution in [3.63, 3.8) is 0 Å². The van der Waals surface area contributed by atoms with Crippen LogP contribution < -0.4 is 26.2 Å². The van der Waals surface area contributed by atoms with Crippen LogP contribution in [0.1, 0.15) is 174 Å². The molecule has 0 amide bonds. The second kappa shape index (κ2) is 15.4. The monoisotopic (exact) mass is 999 g/mol. The molecule has 4 heteroatoms. The molecule has 75 heavy (non-hydrogen) atoms. The summed E-state index contributed by atoms with van der Waals surface area (Å²) in [5.41, 5.74) is 27.0. The Morgan fingerprint density at radius 1 is 0.440 bits per heavy atom. The van der Waals surface area contributed by atoms with E-state index in [0.717, 1.165) is 12.8 Å². The maximum atomic E-state index is 2.80. The van der Waals surface area contributed by atoms with E-state index < -0.39 is 0 Å². The van der Waals surface area contributed by atoms with Crippen molar-refractivity contribution in [2.75, 3.05) is 9.80 Å². The number of nitrogens with zero attached hydrogens (tertiary/aromatic N) is 2. The van der Waals surface area contributed by atoms with Crippen molar-refractivity contribution >= 4 is 78.0 Å². The van der Waals surface area contributed by atoms with E-state index in [4.69, 9.17) is 0 Å². The van der Waals surface area contributed by atoms with Crippen molar-refractivity contribution in [2.24, 2.45) is 0 Å². The molecule has 1 aromatic heterocycles. The topological polar surface area (TPSA) is 6.48 Å². The second-order valence-corrected chi connectivity index (χ2v) is 29.5. The highest BCUT2D eigenvalue weighted by Gasteiger charge is 2.54. The highest BCUT2D eigenvalue weighted by atomic mass is 32.1. The molecule has 2 unspecified atom stereocenters. The Bertz CT molecular complexity index is 3720. The van der Waals surface area contributed by atoms with Crippen LogP contribution in [0.2, 0.25) is 0 Å². The first-order chi connectivity index (χ1) is 35.5. The van der Waals surface area contributed by atoms with Gasteiger partial charge >= 0.3 is 0 Å². The molecule has 8 aromatic rings. The van der Waals surface area contributed by atoms with Crippen LogP contribution in [0.25, 0.3) is 32.3 Å². The maximum Gasteiger partial charge on any atom is 0.254 e. The quantitative estimate of drug-likeness (QED) is 0.162. The lowest BCUT2D eigenvalue weighted by Crippen LogP contribution is -2.61. The summed E-state index contributed by atoms with van der Waals surface area (Å²) in [6.45, 7) is 32.2. The molecule has 1 saturated carbocycles. The third-order valence-electron chi connectivity index (χ3n) is 20.5. The first-order valence-corrected chi connectivity index (χ1v) is 29.3. The molecule has 2 atom stereocenters. The van der Waals surface area contributed by atoms with Gasteiger partial charge in [0.1, 0.15) is 0 Å². The number of fused-ring (bicyclic) bond motifs is 13. The van der Waals surface area contributed by atoms with E-state index in [0.29, 0.717) is 0 Å².